The molecule has 1 aliphatic rings. The summed E-state index contributed by atoms with van der Waals surface area (Å²) in [5.41, 5.74) is 2.45. The summed E-state index contributed by atoms with van der Waals surface area (Å²) in [6.45, 7) is 5.23. The van der Waals surface area contributed by atoms with Crippen LogP contribution in [0.15, 0.2) is 41.9 Å². The van der Waals surface area contributed by atoms with E-state index in [1.54, 1.807) is 0 Å². The fourth-order valence-electron chi connectivity index (χ4n) is 3.41. The fourth-order valence-corrected chi connectivity index (χ4v) is 4.37. The van der Waals surface area contributed by atoms with Crippen molar-refractivity contribution in [3.8, 4) is 0 Å². The number of piperidine rings is 1. The molecule has 1 aromatic carbocycles. The molecule has 2 aromatic heterocycles. The Morgan fingerprint density at radius 3 is 3.12 bits per heavy atom. The van der Waals surface area contributed by atoms with Crippen LogP contribution in [0.4, 0.5) is 5.95 Å². The maximum Gasteiger partial charge on any atom is 0.223 e. The molecular weight excluding hydrogens is 316 g/mol. The normalized spacial score (nSPS) is 18.8. The van der Waals surface area contributed by atoms with E-state index < -0.39 is 0 Å². The van der Waals surface area contributed by atoms with Gasteiger partial charge in [-0.15, -0.1) is 11.3 Å². The van der Waals surface area contributed by atoms with Crippen molar-refractivity contribution in [3.63, 3.8) is 0 Å². The first-order valence-electron chi connectivity index (χ1n) is 8.51. The summed E-state index contributed by atoms with van der Waals surface area (Å²) < 4.78 is 1.38. The Hall–Kier alpha value is -1.98. The number of hydrogen-bond acceptors (Lipinski definition) is 5. The van der Waals surface area contributed by atoms with Crippen LogP contribution in [0, 0.1) is 6.92 Å². The summed E-state index contributed by atoms with van der Waals surface area (Å²) in [6, 6.07) is 11.0. The lowest BCUT2D eigenvalue weighted by molar-refractivity contribution is 0.209. The number of thiophene rings is 1. The second-order valence-corrected chi connectivity index (χ2v) is 7.41. The minimum Gasteiger partial charge on any atom is -0.350 e. The summed E-state index contributed by atoms with van der Waals surface area (Å²) >= 11 is 1.85. The average Bonchev–Trinajstić information content (AvgIpc) is 2.99. The topological polar surface area (TPSA) is 41.1 Å². The van der Waals surface area contributed by atoms with Crippen LogP contribution in [-0.4, -0.2) is 34.0 Å². The first-order chi connectivity index (χ1) is 11.8. The van der Waals surface area contributed by atoms with Crippen LogP contribution in [-0.2, 0) is 6.54 Å². The zero-order valence-electron chi connectivity index (χ0n) is 13.9. The molecule has 124 valence electrons. The van der Waals surface area contributed by atoms with Crippen molar-refractivity contribution in [2.45, 2.75) is 32.4 Å². The molecule has 4 nitrogen and oxygen atoms in total. The Balaban J connectivity index is 1.43. The van der Waals surface area contributed by atoms with Gasteiger partial charge in [0.2, 0.25) is 5.95 Å². The minimum absolute atomic E-state index is 0.422. The van der Waals surface area contributed by atoms with Gasteiger partial charge in [0.15, 0.2) is 0 Å². The zero-order chi connectivity index (χ0) is 16.4. The molecule has 1 N–H and O–H groups in total. The quantitative estimate of drug-likeness (QED) is 0.778. The lowest BCUT2D eigenvalue weighted by Crippen LogP contribution is -2.41. The van der Waals surface area contributed by atoms with Crippen molar-refractivity contribution < 1.29 is 0 Å². The molecule has 1 unspecified atom stereocenters. The number of aryl methyl sites for hydroxylation is 1. The number of benzene rings is 1. The molecule has 0 spiro atoms. The van der Waals surface area contributed by atoms with E-state index in [2.05, 4.69) is 49.8 Å². The molecule has 3 aromatic rings. The van der Waals surface area contributed by atoms with Gasteiger partial charge in [0.25, 0.3) is 0 Å². The highest BCUT2D eigenvalue weighted by Crippen LogP contribution is 2.27. The number of fused-ring (bicyclic) bond motifs is 1. The van der Waals surface area contributed by atoms with Gasteiger partial charge in [-0.1, -0.05) is 18.2 Å². The molecule has 1 atom stereocenters. The number of nitrogens with zero attached hydrogens (tertiary/aromatic N) is 3. The number of nitrogens with one attached hydrogen (secondary N) is 1. The largest absolute Gasteiger partial charge is 0.350 e. The highest BCUT2D eigenvalue weighted by molar-refractivity contribution is 7.17. The first-order valence-corrected chi connectivity index (χ1v) is 9.39. The summed E-state index contributed by atoms with van der Waals surface area (Å²) in [4.78, 5) is 11.4. The maximum atomic E-state index is 4.47. The molecule has 0 aliphatic carbocycles. The molecule has 3 heterocycles. The van der Waals surface area contributed by atoms with Gasteiger partial charge >= 0.3 is 0 Å². The Morgan fingerprint density at radius 2 is 2.21 bits per heavy atom. The molecule has 1 saturated heterocycles. The third-order valence-corrected chi connectivity index (χ3v) is 5.60. The minimum atomic E-state index is 0.422. The van der Waals surface area contributed by atoms with E-state index in [9.17, 15) is 0 Å². The van der Waals surface area contributed by atoms with Crippen molar-refractivity contribution in [2.75, 3.05) is 18.4 Å². The molecule has 0 bridgehead atoms. The van der Waals surface area contributed by atoms with Gasteiger partial charge in [0, 0.05) is 35.7 Å². The molecule has 4 rings (SSSR count). The van der Waals surface area contributed by atoms with Gasteiger partial charge in [-0.25, -0.2) is 9.97 Å². The van der Waals surface area contributed by atoms with Crippen molar-refractivity contribution in [2.24, 2.45) is 0 Å². The van der Waals surface area contributed by atoms with E-state index >= 15 is 0 Å². The lowest BCUT2D eigenvalue weighted by atomic mass is 10.0. The van der Waals surface area contributed by atoms with E-state index in [1.165, 1.54) is 28.5 Å². The van der Waals surface area contributed by atoms with Gasteiger partial charge in [-0.3, -0.25) is 4.90 Å². The van der Waals surface area contributed by atoms with E-state index in [1.807, 2.05) is 30.5 Å². The van der Waals surface area contributed by atoms with E-state index in [0.717, 1.165) is 31.3 Å². The Kier molecular flexibility index (Phi) is 4.45. The van der Waals surface area contributed by atoms with Crippen LogP contribution < -0.4 is 5.32 Å². The SMILES string of the molecule is Cc1ccnc(NC2CCCN(Cc3csc4ccccc34)C2)n1. The Bertz CT molecular complexity index is 829. The summed E-state index contributed by atoms with van der Waals surface area (Å²) in [6.07, 6.45) is 4.21. The number of hydrogen-bond donors (Lipinski definition) is 1. The van der Waals surface area contributed by atoms with Crippen LogP contribution in [0.5, 0.6) is 0 Å². The third kappa shape index (κ3) is 3.42. The number of likely N-dealkylation sites (tertiary alicyclic amines) is 1. The number of anilines is 1. The predicted molar refractivity (Wildman–Crippen MR) is 101 cm³/mol. The zero-order valence-corrected chi connectivity index (χ0v) is 14.7. The summed E-state index contributed by atoms with van der Waals surface area (Å²) in [7, 11) is 0. The van der Waals surface area contributed by atoms with E-state index in [-0.39, 0.29) is 0 Å². The highest BCUT2D eigenvalue weighted by atomic mass is 32.1. The van der Waals surface area contributed by atoms with Gasteiger partial charge in [-0.05, 0) is 54.8 Å². The van der Waals surface area contributed by atoms with Gasteiger partial charge in [0.1, 0.15) is 0 Å². The molecule has 1 fully saturated rings. The standard InChI is InChI=1S/C19H22N4S/c1-14-8-9-20-19(21-14)22-16-5-4-10-23(12-16)11-15-13-24-18-7-3-2-6-17(15)18/h2-3,6-9,13,16H,4-5,10-12H2,1H3,(H,20,21,22). The third-order valence-electron chi connectivity index (χ3n) is 4.59. The van der Waals surface area contributed by atoms with Gasteiger partial charge in [0.05, 0.1) is 0 Å². The first kappa shape index (κ1) is 15.5. The average molecular weight is 338 g/mol. The Morgan fingerprint density at radius 1 is 1.29 bits per heavy atom. The second kappa shape index (κ2) is 6.87. The van der Waals surface area contributed by atoms with Gasteiger partial charge in [-0.2, -0.15) is 0 Å². The van der Waals surface area contributed by atoms with Crippen LogP contribution in [0.2, 0.25) is 0 Å². The molecule has 0 amide bonds. The van der Waals surface area contributed by atoms with Crippen LogP contribution in [0.3, 0.4) is 0 Å². The molecule has 24 heavy (non-hydrogen) atoms. The molecule has 0 saturated carbocycles. The smallest absolute Gasteiger partial charge is 0.223 e. The second-order valence-electron chi connectivity index (χ2n) is 6.50. The lowest BCUT2D eigenvalue weighted by Gasteiger charge is -2.33. The molecule has 0 radical (unpaired) electrons. The van der Waals surface area contributed by atoms with Crippen molar-refractivity contribution >= 4 is 27.4 Å². The molecule has 1 aliphatic heterocycles. The monoisotopic (exact) mass is 338 g/mol. The molecular formula is C19H22N4S. The Labute approximate surface area is 146 Å². The van der Waals surface area contributed by atoms with Crippen molar-refractivity contribution in [1.29, 1.82) is 0 Å². The maximum absolute atomic E-state index is 4.47. The summed E-state index contributed by atoms with van der Waals surface area (Å²) in [5, 5.41) is 7.22. The van der Waals surface area contributed by atoms with Crippen LogP contribution in [0.1, 0.15) is 24.1 Å². The predicted octanol–water partition coefficient (Wildman–Crippen LogP) is 4.08. The summed E-state index contributed by atoms with van der Waals surface area (Å²) in [5.74, 6) is 0.753. The fraction of sp³-hybridized carbons (Fsp3) is 0.368. The molecule has 5 heteroatoms. The van der Waals surface area contributed by atoms with Crippen LogP contribution in [0.25, 0.3) is 10.1 Å². The van der Waals surface area contributed by atoms with E-state index in [0.29, 0.717) is 6.04 Å². The number of aromatic nitrogens is 2. The van der Waals surface area contributed by atoms with Gasteiger partial charge < -0.3 is 5.32 Å². The van der Waals surface area contributed by atoms with Crippen LogP contribution >= 0.6 is 11.3 Å². The van der Waals surface area contributed by atoms with Crippen molar-refractivity contribution in [1.82, 2.24) is 14.9 Å². The van der Waals surface area contributed by atoms with E-state index in [4.69, 9.17) is 0 Å². The van der Waals surface area contributed by atoms with Crippen molar-refractivity contribution in [3.05, 3.63) is 53.2 Å². The highest BCUT2D eigenvalue weighted by Gasteiger charge is 2.21. The number of rotatable bonds is 4.